The standard InChI is InChI=1S/C14H25NO/c1-2-10(8-16)15-14-7-9-6-13(14)12-5-3-4-11(9)12/h9-16H,2-8H2,1H3. The van der Waals surface area contributed by atoms with Crippen molar-refractivity contribution >= 4 is 0 Å². The van der Waals surface area contributed by atoms with Crippen LogP contribution in [0, 0.1) is 23.7 Å². The SMILES string of the molecule is CCC(CO)NC1CC2CC1C1CCCC21. The molecule has 0 heterocycles. The van der Waals surface area contributed by atoms with E-state index in [-0.39, 0.29) is 0 Å². The summed E-state index contributed by atoms with van der Waals surface area (Å²) in [5.74, 6) is 4.08. The first kappa shape index (κ1) is 11.0. The summed E-state index contributed by atoms with van der Waals surface area (Å²) in [6.07, 6.45) is 8.40. The highest BCUT2D eigenvalue weighted by Gasteiger charge is 2.53. The molecule has 3 aliphatic carbocycles. The van der Waals surface area contributed by atoms with Gasteiger partial charge < -0.3 is 10.4 Å². The zero-order chi connectivity index (χ0) is 11.1. The summed E-state index contributed by atoms with van der Waals surface area (Å²) in [5, 5.41) is 13.0. The van der Waals surface area contributed by atoms with Gasteiger partial charge in [0.05, 0.1) is 6.61 Å². The van der Waals surface area contributed by atoms with E-state index in [0.29, 0.717) is 12.6 Å². The average molecular weight is 223 g/mol. The lowest BCUT2D eigenvalue weighted by Crippen LogP contribution is -2.45. The van der Waals surface area contributed by atoms with Gasteiger partial charge >= 0.3 is 0 Å². The van der Waals surface area contributed by atoms with Gasteiger partial charge in [0.15, 0.2) is 0 Å². The van der Waals surface area contributed by atoms with Crippen molar-refractivity contribution < 1.29 is 5.11 Å². The maximum Gasteiger partial charge on any atom is 0.0584 e. The molecule has 3 aliphatic rings. The van der Waals surface area contributed by atoms with E-state index >= 15 is 0 Å². The first-order valence-corrected chi connectivity index (χ1v) is 7.20. The Morgan fingerprint density at radius 3 is 2.75 bits per heavy atom. The Bertz CT molecular complexity index is 251. The van der Waals surface area contributed by atoms with Crippen molar-refractivity contribution in [1.29, 1.82) is 0 Å². The molecule has 6 atom stereocenters. The van der Waals surface area contributed by atoms with Crippen LogP contribution in [0.2, 0.25) is 0 Å². The monoisotopic (exact) mass is 223 g/mol. The van der Waals surface area contributed by atoms with Crippen molar-refractivity contribution in [3.63, 3.8) is 0 Å². The molecule has 2 nitrogen and oxygen atoms in total. The second kappa shape index (κ2) is 4.30. The zero-order valence-electron chi connectivity index (χ0n) is 10.4. The summed E-state index contributed by atoms with van der Waals surface area (Å²) in [4.78, 5) is 0. The molecule has 0 spiro atoms. The van der Waals surface area contributed by atoms with Crippen LogP contribution in [0.5, 0.6) is 0 Å². The van der Waals surface area contributed by atoms with Gasteiger partial charge in [-0.1, -0.05) is 13.3 Å². The van der Waals surface area contributed by atoms with Gasteiger partial charge in [0, 0.05) is 12.1 Å². The maximum atomic E-state index is 9.28. The number of hydrogen-bond acceptors (Lipinski definition) is 2. The zero-order valence-corrected chi connectivity index (χ0v) is 10.4. The van der Waals surface area contributed by atoms with Crippen LogP contribution in [0.3, 0.4) is 0 Å². The van der Waals surface area contributed by atoms with Crippen molar-refractivity contribution in [1.82, 2.24) is 5.32 Å². The van der Waals surface area contributed by atoms with Crippen molar-refractivity contribution in [2.45, 2.75) is 57.5 Å². The molecule has 3 saturated carbocycles. The minimum atomic E-state index is 0.304. The van der Waals surface area contributed by atoms with Crippen molar-refractivity contribution in [3.8, 4) is 0 Å². The Labute approximate surface area is 98.8 Å². The van der Waals surface area contributed by atoms with Crippen LogP contribution < -0.4 is 5.32 Å². The van der Waals surface area contributed by atoms with Crippen molar-refractivity contribution in [3.05, 3.63) is 0 Å². The molecule has 3 fully saturated rings. The molecule has 0 radical (unpaired) electrons. The summed E-state index contributed by atoms with van der Waals surface area (Å²) in [6, 6.07) is 1.06. The summed E-state index contributed by atoms with van der Waals surface area (Å²) < 4.78 is 0. The molecule has 0 aliphatic heterocycles. The predicted molar refractivity (Wildman–Crippen MR) is 65.1 cm³/mol. The third-order valence-electron chi connectivity index (χ3n) is 5.59. The van der Waals surface area contributed by atoms with Crippen LogP contribution in [0.25, 0.3) is 0 Å². The van der Waals surface area contributed by atoms with Gasteiger partial charge in [-0.3, -0.25) is 0 Å². The average Bonchev–Trinajstić information content (AvgIpc) is 2.96. The van der Waals surface area contributed by atoms with Crippen molar-refractivity contribution in [2.24, 2.45) is 23.7 Å². The van der Waals surface area contributed by atoms with Gasteiger partial charge in [-0.25, -0.2) is 0 Å². The van der Waals surface area contributed by atoms with E-state index in [1.54, 1.807) is 0 Å². The molecule has 0 saturated heterocycles. The van der Waals surface area contributed by atoms with Crippen LogP contribution >= 0.6 is 0 Å². The molecule has 6 unspecified atom stereocenters. The van der Waals surface area contributed by atoms with Gasteiger partial charge in [-0.2, -0.15) is 0 Å². The highest BCUT2D eigenvalue weighted by molar-refractivity contribution is 5.05. The molecule has 2 N–H and O–H groups in total. The molecular formula is C14H25NO. The molecule has 92 valence electrons. The molecular weight excluding hydrogens is 198 g/mol. The second-order valence-corrected chi connectivity index (χ2v) is 6.21. The van der Waals surface area contributed by atoms with Gasteiger partial charge in [-0.05, 0) is 55.8 Å². The summed E-state index contributed by atoms with van der Waals surface area (Å²) in [7, 11) is 0. The number of aliphatic hydroxyl groups excluding tert-OH is 1. The Morgan fingerprint density at radius 1 is 1.19 bits per heavy atom. The van der Waals surface area contributed by atoms with Crippen LogP contribution in [-0.4, -0.2) is 23.8 Å². The third-order valence-corrected chi connectivity index (χ3v) is 5.59. The smallest absolute Gasteiger partial charge is 0.0584 e. The molecule has 16 heavy (non-hydrogen) atoms. The molecule has 0 aromatic carbocycles. The Kier molecular flexibility index (Phi) is 2.97. The number of hydrogen-bond donors (Lipinski definition) is 2. The molecule has 0 aromatic rings. The van der Waals surface area contributed by atoms with E-state index in [9.17, 15) is 5.11 Å². The number of nitrogens with one attached hydrogen (secondary N) is 1. The van der Waals surface area contributed by atoms with Gasteiger partial charge in [-0.15, -0.1) is 0 Å². The fraction of sp³-hybridized carbons (Fsp3) is 1.00. The van der Waals surface area contributed by atoms with Crippen molar-refractivity contribution in [2.75, 3.05) is 6.61 Å². The Balaban J connectivity index is 1.63. The number of aliphatic hydroxyl groups is 1. The number of rotatable bonds is 4. The highest BCUT2D eigenvalue weighted by Crippen LogP contribution is 2.58. The maximum absolute atomic E-state index is 9.28. The van der Waals surface area contributed by atoms with E-state index in [2.05, 4.69) is 12.2 Å². The largest absolute Gasteiger partial charge is 0.395 e. The molecule has 0 aromatic heterocycles. The molecule has 3 rings (SSSR count). The van der Waals surface area contributed by atoms with Crippen LogP contribution in [0.1, 0.15) is 45.4 Å². The van der Waals surface area contributed by atoms with E-state index in [1.165, 1.54) is 32.1 Å². The molecule has 2 bridgehead atoms. The fourth-order valence-electron chi connectivity index (χ4n) is 4.86. The normalized spacial score (nSPS) is 47.2. The van der Waals surface area contributed by atoms with E-state index in [4.69, 9.17) is 0 Å². The van der Waals surface area contributed by atoms with Crippen LogP contribution in [-0.2, 0) is 0 Å². The summed E-state index contributed by atoms with van der Waals surface area (Å²) >= 11 is 0. The molecule has 2 heteroatoms. The van der Waals surface area contributed by atoms with Gasteiger partial charge in [0.25, 0.3) is 0 Å². The first-order valence-electron chi connectivity index (χ1n) is 7.20. The topological polar surface area (TPSA) is 32.3 Å². The van der Waals surface area contributed by atoms with Crippen LogP contribution in [0.15, 0.2) is 0 Å². The lowest BCUT2D eigenvalue weighted by molar-refractivity contribution is 0.169. The van der Waals surface area contributed by atoms with Gasteiger partial charge in [0.2, 0.25) is 0 Å². The lowest BCUT2D eigenvalue weighted by atomic mass is 9.79. The third kappa shape index (κ3) is 1.62. The quantitative estimate of drug-likeness (QED) is 0.765. The molecule has 0 amide bonds. The summed E-state index contributed by atoms with van der Waals surface area (Å²) in [6.45, 7) is 2.47. The predicted octanol–water partition coefficient (Wildman–Crippen LogP) is 2.17. The van der Waals surface area contributed by atoms with E-state index < -0.39 is 0 Å². The fourth-order valence-corrected chi connectivity index (χ4v) is 4.86. The second-order valence-electron chi connectivity index (χ2n) is 6.21. The van der Waals surface area contributed by atoms with E-state index in [0.717, 1.165) is 36.1 Å². The van der Waals surface area contributed by atoms with Gasteiger partial charge in [0.1, 0.15) is 0 Å². The minimum absolute atomic E-state index is 0.304. The lowest BCUT2D eigenvalue weighted by Gasteiger charge is -2.34. The number of fused-ring (bicyclic) bond motifs is 5. The minimum Gasteiger partial charge on any atom is -0.395 e. The van der Waals surface area contributed by atoms with E-state index in [1.807, 2.05) is 0 Å². The highest BCUT2D eigenvalue weighted by atomic mass is 16.3. The first-order chi connectivity index (χ1) is 7.83. The van der Waals surface area contributed by atoms with Crippen LogP contribution in [0.4, 0.5) is 0 Å². The summed E-state index contributed by atoms with van der Waals surface area (Å²) in [5.41, 5.74) is 0. The Morgan fingerprint density at radius 2 is 2.00 bits per heavy atom. The Hall–Kier alpha value is -0.0800.